The first-order valence-electron chi connectivity index (χ1n) is 5.18. The largest absolute Gasteiger partial charge is 0.496 e. The van der Waals surface area contributed by atoms with E-state index in [0.717, 1.165) is 0 Å². The minimum atomic E-state index is -0.352. The highest BCUT2D eigenvalue weighted by atomic mass is 16.5. The lowest BCUT2D eigenvalue weighted by molar-refractivity contribution is 0.0947. The summed E-state index contributed by atoms with van der Waals surface area (Å²) in [6.45, 7) is 0.160. The SMILES string of the molecule is COc1cccc(N)c1C(=O)NCc1ncon1. The van der Waals surface area contributed by atoms with Crippen molar-refractivity contribution < 1.29 is 14.1 Å². The van der Waals surface area contributed by atoms with Gasteiger partial charge in [0.15, 0.2) is 5.82 Å². The first-order chi connectivity index (χ1) is 8.72. The Bertz CT molecular complexity index is 539. The number of ether oxygens (including phenoxy) is 1. The molecule has 0 aliphatic heterocycles. The fourth-order valence-corrected chi connectivity index (χ4v) is 1.48. The molecule has 0 unspecified atom stereocenters. The van der Waals surface area contributed by atoms with Gasteiger partial charge in [-0.1, -0.05) is 11.2 Å². The number of hydrogen-bond acceptors (Lipinski definition) is 6. The van der Waals surface area contributed by atoms with Crippen LogP contribution in [0.4, 0.5) is 5.69 Å². The van der Waals surface area contributed by atoms with Gasteiger partial charge in [-0.25, -0.2) is 0 Å². The Kier molecular flexibility index (Phi) is 3.42. The quantitative estimate of drug-likeness (QED) is 0.767. The van der Waals surface area contributed by atoms with E-state index in [9.17, 15) is 4.79 Å². The van der Waals surface area contributed by atoms with Crippen molar-refractivity contribution in [1.29, 1.82) is 0 Å². The molecule has 0 radical (unpaired) electrons. The minimum Gasteiger partial charge on any atom is -0.496 e. The number of nitrogens with two attached hydrogens (primary N) is 1. The van der Waals surface area contributed by atoms with Crippen LogP contribution in [0.3, 0.4) is 0 Å². The molecule has 0 atom stereocenters. The summed E-state index contributed by atoms with van der Waals surface area (Å²) in [5, 5.41) is 6.22. The van der Waals surface area contributed by atoms with E-state index in [1.807, 2.05) is 0 Å². The fraction of sp³-hybridized carbons (Fsp3) is 0.182. The second kappa shape index (κ2) is 5.17. The van der Waals surface area contributed by atoms with Crippen LogP contribution in [-0.2, 0) is 6.54 Å². The number of aromatic nitrogens is 2. The third kappa shape index (κ3) is 2.40. The molecule has 2 aromatic rings. The van der Waals surface area contributed by atoms with E-state index < -0.39 is 0 Å². The van der Waals surface area contributed by atoms with Crippen LogP contribution < -0.4 is 15.8 Å². The van der Waals surface area contributed by atoms with Gasteiger partial charge in [0.1, 0.15) is 11.3 Å². The Balaban J connectivity index is 2.13. The molecular formula is C11H12N4O3. The zero-order valence-electron chi connectivity index (χ0n) is 9.71. The first kappa shape index (κ1) is 11.9. The summed E-state index contributed by atoms with van der Waals surface area (Å²) in [7, 11) is 1.48. The maximum absolute atomic E-state index is 12.0. The van der Waals surface area contributed by atoms with E-state index in [-0.39, 0.29) is 12.5 Å². The number of nitrogens with zero attached hydrogens (tertiary/aromatic N) is 2. The first-order valence-corrected chi connectivity index (χ1v) is 5.18. The highest BCUT2D eigenvalue weighted by molar-refractivity contribution is 6.01. The van der Waals surface area contributed by atoms with E-state index >= 15 is 0 Å². The monoisotopic (exact) mass is 248 g/mol. The van der Waals surface area contributed by atoms with Crippen LogP contribution in [0.25, 0.3) is 0 Å². The zero-order valence-corrected chi connectivity index (χ0v) is 9.71. The summed E-state index contributed by atoms with van der Waals surface area (Å²) in [4.78, 5) is 15.8. The van der Waals surface area contributed by atoms with Gasteiger partial charge in [-0.15, -0.1) is 0 Å². The summed E-state index contributed by atoms with van der Waals surface area (Å²) >= 11 is 0. The van der Waals surface area contributed by atoms with Gasteiger partial charge in [0.05, 0.1) is 13.7 Å². The van der Waals surface area contributed by atoms with Gasteiger partial charge in [-0.2, -0.15) is 4.98 Å². The zero-order chi connectivity index (χ0) is 13.0. The lowest BCUT2D eigenvalue weighted by atomic mass is 10.1. The molecule has 0 saturated carbocycles. The second-order valence-corrected chi connectivity index (χ2v) is 3.45. The molecule has 94 valence electrons. The predicted octanol–water partition coefficient (Wildman–Crippen LogP) is 0.590. The molecule has 0 aliphatic rings. The number of benzene rings is 1. The molecule has 1 heterocycles. The molecule has 0 bridgehead atoms. The lowest BCUT2D eigenvalue weighted by Gasteiger charge is -2.10. The number of rotatable bonds is 4. The van der Waals surface area contributed by atoms with Gasteiger partial charge in [0, 0.05) is 5.69 Å². The number of amides is 1. The summed E-state index contributed by atoms with van der Waals surface area (Å²) in [6, 6.07) is 5.01. The van der Waals surface area contributed by atoms with Gasteiger partial charge < -0.3 is 20.3 Å². The molecule has 3 N–H and O–H groups in total. The van der Waals surface area contributed by atoms with E-state index in [4.69, 9.17) is 10.5 Å². The highest BCUT2D eigenvalue weighted by Crippen LogP contribution is 2.23. The van der Waals surface area contributed by atoms with E-state index in [1.165, 1.54) is 13.5 Å². The number of methoxy groups -OCH3 is 1. The standard InChI is InChI=1S/C11H12N4O3/c1-17-8-4-2-3-7(12)10(8)11(16)13-5-9-14-6-18-15-9/h2-4,6H,5,12H2,1H3,(H,13,16). The number of nitrogens with one attached hydrogen (secondary N) is 1. The molecule has 1 amide bonds. The number of carbonyl (C=O) groups is 1. The Morgan fingerprint density at radius 3 is 3.06 bits per heavy atom. The number of nitrogen functional groups attached to an aromatic ring is 1. The summed E-state index contributed by atoms with van der Waals surface area (Å²) < 4.78 is 9.65. The van der Waals surface area contributed by atoms with Gasteiger partial charge in [0.2, 0.25) is 6.39 Å². The van der Waals surface area contributed by atoms with Crippen molar-refractivity contribution in [3.8, 4) is 5.75 Å². The van der Waals surface area contributed by atoms with Crippen LogP contribution in [-0.4, -0.2) is 23.2 Å². The second-order valence-electron chi connectivity index (χ2n) is 3.45. The Labute approximate surface area is 103 Å². The summed E-state index contributed by atoms with van der Waals surface area (Å²) in [6.07, 6.45) is 1.19. The van der Waals surface area contributed by atoms with E-state index in [1.54, 1.807) is 18.2 Å². The molecule has 18 heavy (non-hydrogen) atoms. The highest BCUT2D eigenvalue weighted by Gasteiger charge is 2.15. The molecule has 1 aromatic heterocycles. The average molecular weight is 248 g/mol. The number of hydrogen-bond donors (Lipinski definition) is 2. The molecule has 0 fully saturated rings. The Morgan fingerprint density at radius 1 is 1.56 bits per heavy atom. The molecule has 7 heteroatoms. The van der Waals surface area contributed by atoms with Crippen molar-refractivity contribution in [1.82, 2.24) is 15.5 Å². The molecule has 1 aromatic carbocycles. The summed E-state index contributed by atoms with van der Waals surface area (Å²) in [5.74, 6) is 0.451. The Morgan fingerprint density at radius 2 is 2.39 bits per heavy atom. The fourth-order valence-electron chi connectivity index (χ4n) is 1.48. The molecule has 0 saturated heterocycles. The predicted molar refractivity (Wildman–Crippen MR) is 62.9 cm³/mol. The van der Waals surface area contributed by atoms with Crippen LogP contribution in [0, 0.1) is 0 Å². The third-order valence-electron chi connectivity index (χ3n) is 2.32. The topological polar surface area (TPSA) is 103 Å². The normalized spacial score (nSPS) is 10.1. The third-order valence-corrected chi connectivity index (χ3v) is 2.32. The van der Waals surface area contributed by atoms with Crippen LogP contribution in [0.1, 0.15) is 16.2 Å². The van der Waals surface area contributed by atoms with Gasteiger partial charge in [0.25, 0.3) is 5.91 Å². The molecule has 0 aliphatic carbocycles. The minimum absolute atomic E-state index is 0.160. The van der Waals surface area contributed by atoms with Crippen molar-refractivity contribution in [2.75, 3.05) is 12.8 Å². The van der Waals surface area contributed by atoms with Crippen LogP contribution in [0.2, 0.25) is 0 Å². The van der Waals surface area contributed by atoms with Gasteiger partial charge in [-0.05, 0) is 12.1 Å². The van der Waals surface area contributed by atoms with Crippen molar-refractivity contribution in [3.63, 3.8) is 0 Å². The lowest BCUT2D eigenvalue weighted by Crippen LogP contribution is -2.25. The van der Waals surface area contributed by atoms with Crippen LogP contribution in [0.5, 0.6) is 5.75 Å². The Hall–Kier alpha value is -2.57. The van der Waals surface area contributed by atoms with E-state index in [2.05, 4.69) is 20.0 Å². The molecule has 2 rings (SSSR count). The van der Waals surface area contributed by atoms with Crippen LogP contribution in [0.15, 0.2) is 29.1 Å². The van der Waals surface area contributed by atoms with Crippen molar-refractivity contribution in [2.45, 2.75) is 6.54 Å². The van der Waals surface area contributed by atoms with Crippen molar-refractivity contribution in [3.05, 3.63) is 36.0 Å². The maximum Gasteiger partial charge on any atom is 0.257 e. The van der Waals surface area contributed by atoms with Crippen LogP contribution >= 0.6 is 0 Å². The van der Waals surface area contributed by atoms with E-state index in [0.29, 0.717) is 22.8 Å². The smallest absolute Gasteiger partial charge is 0.257 e. The van der Waals surface area contributed by atoms with Crippen molar-refractivity contribution >= 4 is 11.6 Å². The maximum atomic E-state index is 12.0. The van der Waals surface area contributed by atoms with Crippen molar-refractivity contribution in [2.24, 2.45) is 0 Å². The molecular weight excluding hydrogens is 236 g/mol. The van der Waals surface area contributed by atoms with Gasteiger partial charge >= 0.3 is 0 Å². The number of carbonyl (C=O) groups excluding carboxylic acids is 1. The average Bonchev–Trinajstić information content (AvgIpc) is 2.88. The van der Waals surface area contributed by atoms with Gasteiger partial charge in [-0.3, -0.25) is 4.79 Å². The number of anilines is 1. The molecule has 7 nitrogen and oxygen atoms in total. The molecule has 0 spiro atoms. The summed E-state index contributed by atoms with van der Waals surface area (Å²) in [5.41, 5.74) is 6.40.